The van der Waals surface area contributed by atoms with E-state index < -0.39 is 11.9 Å². The third-order valence-electron chi connectivity index (χ3n) is 1.90. The molecule has 1 fully saturated rings. The molecule has 1 saturated heterocycles. The Balaban J connectivity index is 2.39. The van der Waals surface area contributed by atoms with Gasteiger partial charge in [0.1, 0.15) is 5.92 Å². The average molecular weight is 188 g/mol. The summed E-state index contributed by atoms with van der Waals surface area (Å²) in [5.74, 6) is -1.18. The molecule has 0 aromatic carbocycles. The van der Waals surface area contributed by atoms with E-state index in [0.29, 0.717) is 19.6 Å². The number of rotatable bonds is 3. The molecule has 1 aliphatic rings. The third kappa shape index (κ3) is 2.81. The summed E-state index contributed by atoms with van der Waals surface area (Å²) in [5.41, 5.74) is 0. The minimum Gasteiger partial charge on any atom is -0.465 e. The molecule has 1 unspecified atom stereocenters. The number of ether oxygens (including phenoxy) is 2. The van der Waals surface area contributed by atoms with Gasteiger partial charge in [-0.15, -0.1) is 0 Å². The molecule has 1 aliphatic heterocycles. The van der Waals surface area contributed by atoms with Crippen LogP contribution in [0, 0.1) is 5.92 Å². The zero-order valence-corrected chi connectivity index (χ0v) is 7.75. The predicted molar refractivity (Wildman–Crippen MR) is 45.2 cm³/mol. The Morgan fingerprint density at radius 1 is 1.69 bits per heavy atom. The summed E-state index contributed by atoms with van der Waals surface area (Å²) in [6.07, 6.45) is 1.10. The maximum Gasteiger partial charge on any atom is 0.318 e. The summed E-state index contributed by atoms with van der Waals surface area (Å²) in [4.78, 5) is 22.5. The van der Waals surface area contributed by atoms with Gasteiger partial charge < -0.3 is 9.47 Å². The Labute approximate surface area is 77.2 Å². The lowest BCUT2D eigenvalue weighted by molar-refractivity contribution is -0.157. The molecule has 0 aliphatic carbocycles. The van der Waals surface area contributed by atoms with Crippen molar-refractivity contribution in [2.24, 2.45) is 5.92 Å². The summed E-state index contributed by atoms with van der Waals surface area (Å²) < 4.78 is 9.89. The maximum absolute atomic E-state index is 11.2. The second kappa shape index (κ2) is 4.97. The standard InChI is InChI=1S/C9H14O4/c1-2-4-13-9(11)7-6-12-5-3-8(7)10/h7H,2-6H2,1H3/i8+1,9+1. The van der Waals surface area contributed by atoms with Crippen LogP contribution < -0.4 is 0 Å². The fourth-order valence-electron chi connectivity index (χ4n) is 1.14. The fourth-order valence-corrected chi connectivity index (χ4v) is 1.14. The number of Topliss-reactive ketones (excluding diaryl/α,β-unsaturated/α-hetero) is 1. The van der Waals surface area contributed by atoms with Crippen LogP contribution in [0.25, 0.3) is 0 Å². The van der Waals surface area contributed by atoms with Crippen molar-refractivity contribution in [1.82, 2.24) is 0 Å². The molecule has 0 bridgehead atoms. The molecule has 0 radical (unpaired) electrons. The highest BCUT2D eigenvalue weighted by molar-refractivity contribution is 5.99. The van der Waals surface area contributed by atoms with Crippen LogP contribution >= 0.6 is 0 Å². The fraction of sp³-hybridized carbons (Fsp3) is 0.778. The lowest BCUT2D eigenvalue weighted by Gasteiger charge is -2.19. The number of carbonyl (C=O) groups is 2. The molecule has 13 heavy (non-hydrogen) atoms. The molecule has 0 aromatic rings. The molecular formula is C9H14O4. The molecule has 0 saturated carbocycles. The highest BCUT2D eigenvalue weighted by Gasteiger charge is 2.30. The molecule has 1 rings (SSSR count). The van der Waals surface area contributed by atoms with Crippen LogP contribution in [0.1, 0.15) is 19.8 Å². The number of ketones is 1. The van der Waals surface area contributed by atoms with Crippen molar-refractivity contribution < 1.29 is 19.1 Å². The van der Waals surface area contributed by atoms with E-state index in [2.05, 4.69) is 0 Å². The summed E-state index contributed by atoms with van der Waals surface area (Å²) in [6, 6.07) is 0. The summed E-state index contributed by atoms with van der Waals surface area (Å²) in [5, 5.41) is 0. The van der Waals surface area contributed by atoms with Gasteiger partial charge in [0.15, 0.2) is 5.78 Å². The highest BCUT2D eigenvalue weighted by Crippen LogP contribution is 2.11. The second-order valence-corrected chi connectivity index (χ2v) is 3.01. The maximum atomic E-state index is 11.2. The van der Waals surface area contributed by atoms with E-state index in [0.717, 1.165) is 6.42 Å². The molecular weight excluding hydrogens is 174 g/mol. The minimum absolute atomic E-state index is 0.0626. The summed E-state index contributed by atoms with van der Waals surface area (Å²) >= 11 is 0. The first-order valence-corrected chi connectivity index (χ1v) is 4.52. The Bertz CT molecular complexity index is 200. The Hall–Kier alpha value is -0.900. The monoisotopic (exact) mass is 188 g/mol. The number of esters is 1. The van der Waals surface area contributed by atoms with Gasteiger partial charge in [0.2, 0.25) is 0 Å². The van der Waals surface area contributed by atoms with Crippen molar-refractivity contribution in [2.45, 2.75) is 19.8 Å². The zero-order chi connectivity index (χ0) is 9.68. The lowest BCUT2D eigenvalue weighted by Crippen LogP contribution is -2.35. The van der Waals surface area contributed by atoms with Gasteiger partial charge in [-0.2, -0.15) is 0 Å². The quantitative estimate of drug-likeness (QED) is 0.368. The van der Waals surface area contributed by atoms with Crippen molar-refractivity contribution in [2.75, 3.05) is 19.8 Å². The Morgan fingerprint density at radius 2 is 2.46 bits per heavy atom. The van der Waals surface area contributed by atoms with E-state index in [-0.39, 0.29) is 12.4 Å². The normalized spacial score (nSPS) is 22.8. The van der Waals surface area contributed by atoms with Gasteiger partial charge in [0.05, 0.1) is 19.8 Å². The van der Waals surface area contributed by atoms with Gasteiger partial charge in [-0.1, -0.05) is 6.92 Å². The first-order valence-electron chi connectivity index (χ1n) is 4.52. The number of hydrogen-bond donors (Lipinski definition) is 0. The van der Waals surface area contributed by atoms with Crippen LogP contribution in [0.4, 0.5) is 0 Å². The van der Waals surface area contributed by atoms with Gasteiger partial charge in [-0.3, -0.25) is 9.59 Å². The van der Waals surface area contributed by atoms with E-state index in [1.807, 2.05) is 6.92 Å². The Kier molecular flexibility index (Phi) is 3.89. The SMILES string of the molecule is CCCO[13C](=O)C1COCC[13C]1=O. The van der Waals surface area contributed by atoms with Crippen LogP contribution in [-0.4, -0.2) is 31.6 Å². The van der Waals surface area contributed by atoms with Crippen LogP contribution in [0.5, 0.6) is 0 Å². The van der Waals surface area contributed by atoms with Crippen molar-refractivity contribution in [3.8, 4) is 0 Å². The van der Waals surface area contributed by atoms with E-state index in [1.54, 1.807) is 0 Å². The Morgan fingerprint density at radius 3 is 3.08 bits per heavy atom. The smallest absolute Gasteiger partial charge is 0.318 e. The molecule has 74 valence electrons. The molecule has 0 aromatic heterocycles. The van der Waals surface area contributed by atoms with E-state index in [9.17, 15) is 9.59 Å². The summed E-state index contributed by atoms with van der Waals surface area (Å²) in [6.45, 7) is 2.90. The van der Waals surface area contributed by atoms with E-state index in [4.69, 9.17) is 9.47 Å². The number of carbonyl (C=O) groups excluding carboxylic acids is 2. The molecule has 0 N–H and O–H groups in total. The van der Waals surface area contributed by atoms with Gasteiger partial charge >= 0.3 is 5.97 Å². The molecule has 0 spiro atoms. The first kappa shape index (κ1) is 10.2. The predicted octanol–water partition coefficient (Wildman–Crippen LogP) is 0.545. The third-order valence-corrected chi connectivity index (χ3v) is 1.90. The van der Waals surface area contributed by atoms with Gasteiger partial charge in [0, 0.05) is 6.42 Å². The van der Waals surface area contributed by atoms with Crippen molar-refractivity contribution in [1.29, 1.82) is 0 Å². The average Bonchev–Trinajstić information content (AvgIpc) is 2.15. The van der Waals surface area contributed by atoms with Crippen LogP contribution in [0.3, 0.4) is 0 Å². The second-order valence-electron chi connectivity index (χ2n) is 3.01. The molecule has 1 atom stereocenters. The zero-order valence-electron chi connectivity index (χ0n) is 7.75. The molecule has 4 nitrogen and oxygen atoms in total. The van der Waals surface area contributed by atoms with Crippen LogP contribution in [0.15, 0.2) is 0 Å². The largest absolute Gasteiger partial charge is 0.465 e. The van der Waals surface area contributed by atoms with Crippen molar-refractivity contribution in [3.05, 3.63) is 0 Å². The van der Waals surface area contributed by atoms with E-state index >= 15 is 0 Å². The van der Waals surface area contributed by atoms with Gasteiger partial charge in [0.25, 0.3) is 0 Å². The van der Waals surface area contributed by atoms with Crippen LogP contribution in [-0.2, 0) is 19.1 Å². The molecule has 4 heteroatoms. The molecule has 1 heterocycles. The van der Waals surface area contributed by atoms with E-state index in [1.165, 1.54) is 0 Å². The molecule has 0 amide bonds. The van der Waals surface area contributed by atoms with Crippen molar-refractivity contribution in [3.63, 3.8) is 0 Å². The van der Waals surface area contributed by atoms with Gasteiger partial charge in [-0.25, -0.2) is 0 Å². The van der Waals surface area contributed by atoms with Crippen LogP contribution in [0.2, 0.25) is 0 Å². The summed E-state index contributed by atoms with van der Waals surface area (Å²) in [7, 11) is 0. The topological polar surface area (TPSA) is 52.6 Å². The number of hydrogen-bond acceptors (Lipinski definition) is 4. The highest BCUT2D eigenvalue weighted by atomic mass is 16.6. The minimum atomic E-state index is -0.680. The lowest BCUT2D eigenvalue weighted by atomic mass is 10.3. The van der Waals surface area contributed by atoms with Gasteiger partial charge in [-0.05, 0) is 6.42 Å². The first-order chi connectivity index (χ1) is 6.25. The van der Waals surface area contributed by atoms with Crippen molar-refractivity contribution >= 4 is 11.8 Å².